The van der Waals surface area contributed by atoms with Gasteiger partial charge in [0.1, 0.15) is 0 Å². The molecule has 0 spiro atoms. The van der Waals surface area contributed by atoms with E-state index < -0.39 is 0 Å². The number of ether oxygens (including phenoxy) is 3. The highest BCUT2D eigenvalue weighted by Gasteiger charge is 2.22. The van der Waals surface area contributed by atoms with Crippen LogP contribution in [0, 0.1) is 0 Å². The standard InChI is InChI=1S/C18H31NO3/c1-5-14(10-9-13-19)15-11-12-16(20-6-2)18(22-8-4)17(15)21-7-3/h11-12,14H,5-10,13,19H2,1-4H3. The van der Waals surface area contributed by atoms with Gasteiger partial charge in [0.05, 0.1) is 19.8 Å². The van der Waals surface area contributed by atoms with Gasteiger partial charge in [0, 0.05) is 5.56 Å². The summed E-state index contributed by atoms with van der Waals surface area (Å²) in [5.74, 6) is 2.75. The van der Waals surface area contributed by atoms with Crippen molar-refractivity contribution in [3.8, 4) is 17.2 Å². The summed E-state index contributed by atoms with van der Waals surface area (Å²) in [4.78, 5) is 0. The summed E-state index contributed by atoms with van der Waals surface area (Å²) < 4.78 is 17.5. The van der Waals surface area contributed by atoms with E-state index in [0.29, 0.717) is 25.7 Å². The molecule has 0 saturated carbocycles. The van der Waals surface area contributed by atoms with E-state index in [0.717, 1.165) is 43.1 Å². The third-order valence-electron chi connectivity index (χ3n) is 3.67. The fourth-order valence-electron chi connectivity index (χ4n) is 2.67. The van der Waals surface area contributed by atoms with Crippen molar-refractivity contribution >= 4 is 0 Å². The average Bonchev–Trinajstić information content (AvgIpc) is 2.53. The summed E-state index contributed by atoms with van der Waals surface area (Å²) in [5.41, 5.74) is 6.87. The van der Waals surface area contributed by atoms with E-state index in [-0.39, 0.29) is 0 Å². The minimum absolute atomic E-state index is 0.431. The predicted octanol–water partition coefficient (Wildman–Crippen LogP) is 4.12. The maximum absolute atomic E-state index is 5.93. The van der Waals surface area contributed by atoms with Crippen molar-refractivity contribution in [1.82, 2.24) is 0 Å². The molecule has 0 saturated heterocycles. The fraction of sp³-hybridized carbons (Fsp3) is 0.667. The Morgan fingerprint density at radius 3 is 2.09 bits per heavy atom. The van der Waals surface area contributed by atoms with Gasteiger partial charge in [0.2, 0.25) is 5.75 Å². The van der Waals surface area contributed by atoms with Crippen LogP contribution >= 0.6 is 0 Å². The highest BCUT2D eigenvalue weighted by molar-refractivity contribution is 5.57. The quantitative estimate of drug-likeness (QED) is 0.668. The molecule has 4 heteroatoms. The van der Waals surface area contributed by atoms with Crippen molar-refractivity contribution in [2.24, 2.45) is 5.73 Å². The van der Waals surface area contributed by atoms with Crippen LogP contribution < -0.4 is 19.9 Å². The van der Waals surface area contributed by atoms with Crippen molar-refractivity contribution in [1.29, 1.82) is 0 Å². The number of hydrogen-bond donors (Lipinski definition) is 1. The van der Waals surface area contributed by atoms with Gasteiger partial charge in [-0.1, -0.05) is 13.0 Å². The van der Waals surface area contributed by atoms with E-state index in [2.05, 4.69) is 13.0 Å². The molecule has 1 aromatic rings. The van der Waals surface area contributed by atoms with Crippen LogP contribution in [0.5, 0.6) is 17.2 Å². The molecule has 0 heterocycles. The lowest BCUT2D eigenvalue weighted by molar-refractivity contribution is 0.257. The third kappa shape index (κ3) is 4.80. The van der Waals surface area contributed by atoms with Crippen LogP contribution in [-0.2, 0) is 0 Å². The zero-order chi connectivity index (χ0) is 16.4. The molecule has 1 unspecified atom stereocenters. The van der Waals surface area contributed by atoms with Gasteiger partial charge in [-0.05, 0) is 58.6 Å². The molecule has 0 bridgehead atoms. The first-order valence-electron chi connectivity index (χ1n) is 8.48. The zero-order valence-corrected chi connectivity index (χ0v) is 14.5. The zero-order valence-electron chi connectivity index (χ0n) is 14.5. The highest BCUT2D eigenvalue weighted by Crippen LogP contribution is 2.44. The van der Waals surface area contributed by atoms with Crippen LogP contribution in [0.3, 0.4) is 0 Å². The van der Waals surface area contributed by atoms with Gasteiger partial charge in [0.15, 0.2) is 11.5 Å². The van der Waals surface area contributed by atoms with Crippen molar-refractivity contribution < 1.29 is 14.2 Å². The maximum Gasteiger partial charge on any atom is 0.203 e. The monoisotopic (exact) mass is 309 g/mol. The molecule has 0 radical (unpaired) electrons. The summed E-state index contributed by atoms with van der Waals surface area (Å²) in [6.07, 6.45) is 3.13. The van der Waals surface area contributed by atoms with Gasteiger partial charge < -0.3 is 19.9 Å². The van der Waals surface area contributed by atoms with Gasteiger partial charge in [-0.2, -0.15) is 0 Å². The van der Waals surface area contributed by atoms with E-state index in [1.54, 1.807) is 0 Å². The maximum atomic E-state index is 5.93. The van der Waals surface area contributed by atoms with E-state index in [9.17, 15) is 0 Å². The van der Waals surface area contributed by atoms with Crippen molar-refractivity contribution in [3.05, 3.63) is 17.7 Å². The highest BCUT2D eigenvalue weighted by atomic mass is 16.5. The minimum Gasteiger partial charge on any atom is -0.490 e. The first-order chi connectivity index (χ1) is 10.7. The largest absolute Gasteiger partial charge is 0.490 e. The van der Waals surface area contributed by atoms with Gasteiger partial charge in [0.25, 0.3) is 0 Å². The molecule has 4 nitrogen and oxygen atoms in total. The molecular formula is C18H31NO3. The van der Waals surface area contributed by atoms with Crippen molar-refractivity contribution in [2.45, 2.75) is 52.9 Å². The second-order valence-corrected chi connectivity index (χ2v) is 5.15. The fourth-order valence-corrected chi connectivity index (χ4v) is 2.67. The molecule has 22 heavy (non-hydrogen) atoms. The summed E-state index contributed by atoms with van der Waals surface area (Å²) in [5, 5.41) is 0. The molecule has 0 aliphatic carbocycles. The van der Waals surface area contributed by atoms with Crippen LogP contribution in [0.4, 0.5) is 0 Å². The summed E-state index contributed by atoms with van der Waals surface area (Å²) in [6, 6.07) is 4.11. The van der Waals surface area contributed by atoms with E-state index in [1.807, 2.05) is 26.8 Å². The molecule has 1 rings (SSSR count). The molecule has 0 amide bonds. The van der Waals surface area contributed by atoms with Crippen LogP contribution in [0.15, 0.2) is 12.1 Å². The summed E-state index contributed by atoms with van der Waals surface area (Å²) in [6.45, 7) is 10.7. The molecule has 1 aromatic carbocycles. The van der Waals surface area contributed by atoms with E-state index in [1.165, 1.54) is 5.56 Å². The number of benzene rings is 1. The Hall–Kier alpha value is -1.42. The summed E-state index contributed by atoms with van der Waals surface area (Å²) in [7, 11) is 0. The average molecular weight is 309 g/mol. The summed E-state index contributed by atoms with van der Waals surface area (Å²) >= 11 is 0. The lowest BCUT2D eigenvalue weighted by atomic mass is 9.90. The second-order valence-electron chi connectivity index (χ2n) is 5.15. The Balaban J connectivity index is 3.26. The van der Waals surface area contributed by atoms with Gasteiger partial charge in [-0.15, -0.1) is 0 Å². The Kier molecular flexibility index (Phi) is 8.75. The van der Waals surface area contributed by atoms with Gasteiger partial charge >= 0.3 is 0 Å². The molecule has 0 aliphatic rings. The lowest BCUT2D eigenvalue weighted by Gasteiger charge is -2.23. The normalized spacial score (nSPS) is 12.0. The smallest absolute Gasteiger partial charge is 0.203 e. The van der Waals surface area contributed by atoms with E-state index >= 15 is 0 Å². The SMILES string of the molecule is CCOc1ccc(C(CC)CCCN)c(OCC)c1OCC. The lowest BCUT2D eigenvalue weighted by Crippen LogP contribution is -2.09. The Labute approximate surface area is 134 Å². The van der Waals surface area contributed by atoms with Crippen LogP contribution in [-0.4, -0.2) is 26.4 Å². The molecule has 0 aromatic heterocycles. The van der Waals surface area contributed by atoms with Crippen molar-refractivity contribution in [3.63, 3.8) is 0 Å². The Morgan fingerprint density at radius 2 is 1.55 bits per heavy atom. The molecular weight excluding hydrogens is 278 g/mol. The topological polar surface area (TPSA) is 53.7 Å². The Morgan fingerprint density at radius 1 is 0.909 bits per heavy atom. The van der Waals surface area contributed by atoms with Gasteiger partial charge in [-0.3, -0.25) is 0 Å². The first-order valence-corrected chi connectivity index (χ1v) is 8.48. The van der Waals surface area contributed by atoms with E-state index in [4.69, 9.17) is 19.9 Å². The molecule has 126 valence electrons. The Bertz CT molecular complexity index is 435. The predicted molar refractivity (Wildman–Crippen MR) is 91.3 cm³/mol. The number of nitrogens with two attached hydrogens (primary N) is 1. The van der Waals surface area contributed by atoms with Gasteiger partial charge in [-0.25, -0.2) is 0 Å². The first kappa shape index (κ1) is 18.6. The molecule has 1 atom stereocenters. The van der Waals surface area contributed by atoms with Crippen molar-refractivity contribution in [2.75, 3.05) is 26.4 Å². The third-order valence-corrected chi connectivity index (χ3v) is 3.67. The van der Waals surface area contributed by atoms with Crippen LogP contribution in [0.2, 0.25) is 0 Å². The number of hydrogen-bond acceptors (Lipinski definition) is 4. The second kappa shape index (κ2) is 10.3. The minimum atomic E-state index is 0.431. The molecule has 0 aliphatic heterocycles. The van der Waals surface area contributed by atoms with Crippen LogP contribution in [0.1, 0.15) is 58.4 Å². The molecule has 0 fully saturated rings. The molecule has 2 N–H and O–H groups in total. The number of rotatable bonds is 11. The van der Waals surface area contributed by atoms with Crippen LogP contribution in [0.25, 0.3) is 0 Å².